The Morgan fingerprint density at radius 2 is 1.72 bits per heavy atom. The van der Waals surface area contributed by atoms with Crippen molar-refractivity contribution in [3.63, 3.8) is 0 Å². The van der Waals surface area contributed by atoms with Gasteiger partial charge in [0.05, 0.1) is 6.04 Å². The van der Waals surface area contributed by atoms with E-state index < -0.39 is 0 Å². The van der Waals surface area contributed by atoms with Crippen molar-refractivity contribution in [2.24, 2.45) is 0 Å². The van der Waals surface area contributed by atoms with Gasteiger partial charge in [-0.25, -0.2) is 0 Å². The zero-order valence-corrected chi connectivity index (χ0v) is 16.2. The molecule has 0 radical (unpaired) electrons. The highest BCUT2D eigenvalue weighted by Crippen LogP contribution is 2.19. The van der Waals surface area contributed by atoms with Crippen molar-refractivity contribution in [1.82, 2.24) is 10.2 Å². The molecule has 2 N–H and O–H groups in total. The fraction of sp³-hybridized carbons (Fsp3) is 0.300. The number of amides is 1. The summed E-state index contributed by atoms with van der Waals surface area (Å²) in [6, 6.07) is 13.8. The highest BCUT2D eigenvalue weighted by atomic mass is 32.1. The number of nitrogens with zero attached hydrogens (tertiary/aromatic N) is 1. The van der Waals surface area contributed by atoms with Crippen molar-refractivity contribution in [2.45, 2.75) is 26.8 Å². The number of rotatable bonds is 4. The molecule has 5 heteroatoms. The lowest BCUT2D eigenvalue weighted by Crippen LogP contribution is -2.31. The Bertz CT molecular complexity index is 769. The molecule has 0 aliphatic rings. The normalized spacial score (nSPS) is 11.6. The summed E-state index contributed by atoms with van der Waals surface area (Å²) in [5.41, 5.74) is 5.22. The molecule has 2 aromatic rings. The minimum atomic E-state index is -0.0179. The van der Waals surface area contributed by atoms with Crippen molar-refractivity contribution in [2.75, 3.05) is 19.4 Å². The number of anilines is 1. The molecule has 0 saturated heterocycles. The first kappa shape index (κ1) is 18.9. The molecule has 0 aromatic heterocycles. The minimum Gasteiger partial charge on any atom is -0.356 e. The topological polar surface area (TPSA) is 44.4 Å². The fourth-order valence-corrected chi connectivity index (χ4v) is 3.00. The van der Waals surface area contributed by atoms with Gasteiger partial charge in [-0.15, -0.1) is 0 Å². The molecule has 0 aliphatic carbocycles. The molecule has 1 amide bonds. The van der Waals surface area contributed by atoms with Crippen molar-refractivity contribution < 1.29 is 4.79 Å². The number of hydrogen-bond donors (Lipinski definition) is 2. The van der Waals surface area contributed by atoms with E-state index in [0.717, 1.165) is 5.69 Å². The summed E-state index contributed by atoms with van der Waals surface area (Å²) in [4.78, 5) is 13.5. The van der Waals surface area contributed by atoms with E-state index in [0.29, 0.717) is 10.7 Å². The molecule has 25 heavy (non-hydrogen) atoms. The molecule has 4 nitrogen and oxygen atoms in total. The van der Waals surface area contributed by atoms with Crippen molar-refractivity contribution >= 4 is 28.9 Å². The van der Waals surface area contributed by atoms with Crippen LogP contribution in [0.4, 0.5) is 5.69 Å². The summed E-state index contributed by atoms with van der Waals surface area (Å²) in [5, 5.41) is 7.02. The van der Waals surface area contributed by atoms with E-state index in [9.17, 15) is 4.79 Å². The van der Waals surface area contributed by atoms with Gasteiger partial charge in [-0.3, -0.25) is 4.79 Å². The predicted octanol–water partition coefficient (Wildman–Crippen LogP) is 4.05. The molecule has 1 unspecified atom stereocenters. The second-order valence-corrected chi connectivity index (χ2v) is 6.87. The Balaban J connectivity index is 1.99. The Hall–Kier alpha value is -2.40. The summed E-state index contributed by atoms with van der Waals surface area (Å²) in [7, 11) is 3.48. The standard InChI is InChI=1S/C20H25N3OS/c1-13-6-11-18(14(2)12-13)15(3)21-20(25)22-17-9-7-16(8-10-17)19(24)23(4)5/h6-12,15H,1-5H3,(H2,21,22,25). The number of nitrogens with one attached hydrogen (secondary N) is 2. The average molecular weight is 356 g/mol. The number of aryl methyl sites for hydroxylation is 2. The van der Waals surface area contributed by atoms with Gasteiger partial charge in [0.1, 0.15) is 0 Å². The van der Waals surface area contributed by atoms with Crippen LogP contribution in [0, 0.1) is 13.8 Å². The fourth-order valence-electron chi connectivity index (χ4n) is 2.71. The van der Waals surface area contributed by atoms with Gasteiger partial charge < -0.3 is 15.5 Å². The largest absolute Gasteiger partial charge is 0.356 e. The zero-order chi connectivity index (χ0) is 18.6. The first-order valence-electron chi connectivity index (χ1n) is 8.24. The van der Waals surface area contributed by atoms with Gasteiger partial charge in [-0.1, -0.05) is 23.8 Å². The second-order valence-electron chi connectivity index (χ2n) is 6.46. The molecule has 0 saturated carbocycles. The summed E-state index contributed by atoms with van der Waals surface area (Å²) in [5.74, 6) is -0.0179. The monoisotopic (exact) mass is 355 g/mol. The lowest BCUT2D eigenvalue weighted by molar-refractivity contribution is 0.0827. The molecule has 0 bridgehead atoms. The third-order valence-corrected chi connectivity index (χ3v) is 4.26. The van der Waals surface area contributed by atoms with Gasteiger partial charge in [0.2, 0.25) is 0 Å². The smallest absolute Gasteiger partial charge is 0.253 e. The first-order chi connectivity index (χ1) is 11.8. The molecule has 0 spiro atoms. The molecule has 1 atom stereocenters. The van der Waals surface area contributed by atoms with Crippen LogP contribution in [0.5, 0.6) is 0 Å². The van der Waals surface area contributed by atoms with E-state index in [1.807, 2.05) is 12.1 Å². The number of carbonyl (C=O) groups excluding carboxylic acids is 1. The zero-order valence-electron chi connectivity index (χ0n) is 15.4. The predicted molar refractivity (Wildman–Crippen MR) is 108 cm³/mol. The number of hydrogen-bond acceptors (Lipinski definition) is 2. The van der Waals surface area contributed by atoms with Gasteiger partial charge in [0.25, 0.3) is 5.91 Å². The van der Waals surface area contributed by atoms with Crippen LogP contribution in [0.15, 0.2) is 42.5 Å². The van der Waals surface area contributed by atoms with E-state index in [4.69, 9.17) is 12.2 Å². The van der Waals surface area contributed by atoms with Gasteiger partial charge >= 0.3 is 0 Å². The third-order valence-electron chi connectivity index (χ3n) is 4.04. The molecule has 0 aliphatic heterocycles. The maximum absolute atomic E-state index is 11.9. The Morgan fingerprint density at radius 1 is 1.08 bits per heavy atom. The highest BCUT2D eigenvalue weighted by Gasteiger charge is 2.11. The van der Waals surface area contributed by atoms with Crippen LogP contribution < -0.4 is 10.6 Å². The number of carbonyl (C=O) groups is 1. The summed E-state index contributed by atoms with van der Waals surface area (Å²) in [6.45, 7) is 6.29. The summed E-state index contributed by atoms with van der Waals surface area (Å²) >= 11 is 5.41. The van der Waals surface area contributed by atoms with Gasteiger partial charge in [-0.05, 0) is 68.4 Å². The third kappa shape index (κ3) is 5.03. The van der Waals surface area contributed by atoms with E-state index in [1.54, 1.807) is 31.1 Å². The van der Waals surface area contributed by atoms with Crippen molar-refractivity contribution in [1.29, 1.82) is 0 Å². The van der Waals surface area contributed by atoms with Crippen molar-refractivity contribution in [3.8, 4) is 0 Å². The summed E-state index contributed by atoms with van der Waals surface area (Å²) < 4.78 is 0. The molecule has 2 rings (SSSR count). The number of benzene rings is 2. The van der Waals surface area contributed by atoms with Crippen LogP contribution in [0.3, 0.4) is 0 Å². The number of thiocarbonyl (C=S) groups is 1. The SMILES string of the molecule is Cc1ccc(C(C)NC(=S)Nc2ccc(C(=O)N(C)C)cc2)c(C)c1. The lowest BCUT2D eigenvalue weighted by Gasteiger charge is -2.19. The van der Waals surface area contributed by atoms with Crippen LogP contribution in [-0.2, 0) is 0 Å². The van der Waals surface area contributed by atoms with Gasteiger partial charge in [0.15, 0.2) is 5.11 Å². The van der Waals surface area contributed by atoms with Crippen LogP contribution >= 0.6 is 12.2 Å². The maximum atomic E-state index is 11.9. The van der Waals surface area contributed by atoms with Crippen LogP contribution in [0.2, 0.25) is 0 Å². The Kier molecular flexibility index (Phi) is 6.15. The Morgan fingerprint density at radius 3 is 2.28 bits per heavy atom. The van der Waals surface area contributed by atoms with Gasteiger partial charge in [0, 0.05) is 25.3 Å². The van der Waals surface area contributed by atoms with E-state index in [1.165, 1.54) is 16.7 Å². The summed E-state index contributed by atoms with van der Waals surface area (Å²) in [6.07, 6.45) is 0. The maximum Gasteiger partial charge on any atom is 0.253 e. The molecule has 0 fully saturated rings. The molecular weight excluding hydrogens is 330 g/mol. The Labute approximate surface area is 155 Å². The molecule has 2 aromatic carbocycles. The minimum absolute atomic E-state index is 0.0179. The van der Waals surface area contributed by atoms with E-state index >= 15 is 0 Å². The van der Waals surface area contributed by atoms with Crippen LogP contribution in [-0.4, -0.2) is 30.0 Å². The van der Waals surface area contributed by atoms with Crippen LogP contribution in [0.25, 0.3) is 0 Å². The molecule has 132 valence electrons. The first-order valence-corrected chi connectivity index (χ1v) is 8.65. The van der Waals surface area contributed by atoms with E-state index in [-0.39, 0.29) is 11.9 Å². The van der Waals surface area contributed by atoms with Crippen LogP contribution in [0.1, 0.15) is 40.0 Å². The van der Waals surface area contributed by atoms with E-state index in [2.05, 4.69) is 49.6 Å². The quantitative estimate of drug-likeness (QED) is 0.812. The highest BCUT2D eigenvalue weighted by molar-refractivity contribution is 7.80. The lowest BCUT2D eigenvalue weighted by atomic mass is 10.0. The molecular formula is C20H25N3OS. The van der Waals surface area contributed by atoms with Gasteiger partial charge in [-0.2, -0.15) is 0 Å². The average Bonchev–Trinajstić information content (AvgIpc) is 2.54. The van der Waals surface area contributed by atoms with Crippen molar-refractivity contribution in [3.05, 3.63) is 64.7 Å². The second kappa shape index (κ2) is 8.12. The molecule has 0 heterocycles.